The van der Waals surface area contributed by atoms with Crippen LogP contribution in [-0.2, 0) is 6.42 Å². The van der Waals surface area contributed by atoms with Crippen molar-refractivity contribution in [2.24, 2.45) is 0 Å². The first-order valence-corrected chi connectivity index (χ1v) is 7.09. The van der Waals surface area contributed by atoms with E-state index in [9.17, 15) is 0 Å². The van der Waals surface area contributed by atoms with Crippen LogP contribution < -0.4 is 10.1 Å². The second-order valence-corrected chi connectivity index (χ2v) is 5.88. The molecular weight excluding hydrogens is 236 g/mol. The van der Waals surface area contributed by atoms with Crippen LogP contribution in [0, 0.1) is 6.92 Å². The highest BCUT2D eigenvalue weighted by Gasteiger charge is 2.34. The van der Waals surface area contributed by atoms with Gasteiger partial charge in [0, 0.05) is 12.1 Å². The van der Waals surface area contributed by atoms with Gasteiger partial charge in [-0.15, -0.1) is 0 Å². The van der Waals surface area contributed by atoms with Crippen LogP contribution in [0.25, 0.3) is 0 Å². The Kier molecular flexibility index (Phi) is 4.48. The molecule has 0 amide bonds. The molecule has 1 aromatic rings. The number of likely N-dealkylation sites (N-methyl/N-ethyl adjacent to an activating group) is 1. The van der Waals surface area contributed by atoms with Gasteiger partial charge in [-0.1, -0.05) is 12.1 Å². The molecule has 1 N–H and O–H groups in total. The maximum atomic E-state index is 5.34. The van der Waals surface area contributed by atoms with E-state index in [0.717, 1.165) is 25.3 Å². The lowest BCUT2D eigenvalue weighted by Gasteiger charge is -2.43. The average Bonchev–Trinajstić information content (AvgIpc) is 2.40. The van der Waals surface area contributed by atoms with Crippen molar-refractivity contribution in [2.75, 3.05) is 34.3 Å². The van der Waals surface area contributed by atoms with Crippen molar-refractivity contribution in [2.45, 2.75) is 31.7 Å². The number of hydrogen-bond donors (Lipinski definition) is 1. The third-order valence-electron chi connectivity index (χ3n) is 4.39. The normalized spacial score (nSPS) is 23.6. The second-order valence-electron chi connectivity index (χ2n) is 5.88. The maximum absolute atomic E-state index is 5.34. The van der Waals surface area contributed by atoms with Crippen molar-refractivity contribution in [1.82, 2.24) is 10.2 Å². The molecule has 1 fully saturated rings. The highest BCUT2D eigenvalue weighted by Crippen LogP contribution is 2.28. The van der Waals surface area contributed by atoms with Gasteiger partial charge in [-0.2, -0.15) is 0 Å². The number of rotatable bonds is 4. The highest BCUT2D eigenvalue weighted by molar-refractivity contribution is 5.37. The maximum Gasteiger partial charge on any atom is 0.121 e. The quantitative estimate of drug-likeness (QED) is 0.900. The fourth-order valence-corrected chi connectivity index (χ4v) is 3.07. The molecule has 2 rings (SSSR count). The Morgan fingerprint density at radius 2 is 2.16 bits per heavy atom. The zero-order valence-corrected chi connectivity index (χ0v) is 12.6. The lowest BCUT2D eigenvalue weighted by atomic mass is 9.82. The minimum atomic E-state index is 0.249. The van der Waals surface area contributed by atoms with Crippen molar-refractivity contribution < 1.29 is 4.74 Å². The molecule has 1 atom stereocenters. The van der Waals surface area contributed by atoms with E-state index in [2.05, 4.69) is 49.4 Å². The smallest absolute Gasteiger partial charge is 0.121 e. The fourth-order valence-electron chi connectivity index (χ4n) is 3.07. The molecule has 106 valence electrons. The summed E-state index contributed by atoms with van der Waals surface area (Å²) in [6, 6.07) is 6.55. The third-order valence-corrected chi connectivity index (χ3v) is 4.39. The van der Waals surface area contributed by atoms with Crippen LogP contribution in [0.3, 0.4) is 0 Å². The summed E-state index contributed by atoms with van der Waals surface area (Å²) in [6.45, 7) is 4.34. The van der Waals surface area contributed by atoms with Gasteiger partial charge in [0.05, 0.1) is 7.11 Å². The molecule has 0 radical (unpaired) electrons. The molecule has 3 heteroatoms. The van der Waals surface area contributed by atoms with Crippen molar-refractivity contribution in [3.05, 3.63) is 29.3 Å². The number of hydrogen-bond acceptors (Lipinski definition) is 3. The largest absolute Gasteiger partial charge is 0.496 e. The van der Waals surface area contributed by atoms with Gasteiger partial charge in [0.15, 0.2) is 0 Å². The molecule has 3 nitrogen and oxygen atoms in total. The molecule has 0 aromatic heterocycles. The number of aryl methyl sites for hydroxylation is 1. The van der Waals surface area contributed by atoms with E-state index >= 15 is 0 Å². The number of nitrogens with one attached hydrogen (secondary N) is 1. The topological polar surface area (TPSA) is 24.5 Å². The van der Waals surface area contributed by atoms with Gasteiger partial charge in [-0.3, -0.25) is 0 Å². The predicted molar refractivity (Wildman–Crippen MR) is 80.0 cm³/mol. The van der Waals surface area contributed by atoms with Crippen molar-refractivity contribution in [1.29, 1.82) is 0 Å². The van der Waals surface area contributed by atoms with E-state index in [1.165, 1.54) is 24.0 Å². The van der Waals surface area contributed by atoms with Gasteiger partial charge in [0.25, 0.3) is 0 Å². The Bertz CT molecular complexity index is 423. The Balaban J connectivity index is 2.19. The molecule has 1 unspecified atom stereocenters. The summed E-state index contributed by atoms with van der Waals surface area (Å²) >= 11 is 0. The van der Waals surface area contributed by atoms with Crippen LogP contribution in [0.2, 0.25) is 0 Å². The molecule has 0 spiro atoms. The molecule has 1 aliphatic rings. The number of piperidine rings is 1. The van der Waals surface area contributed by atoms with E-state index in [1.54, 1.807) is 7.11 Å². The summed E-state index contributed by atoms with van der Waals surface area (Å²) < 4.78 is 5.34. The van der Waals surface area contributed by atoms with Crippen LogP contribution in [0.15, 0.2) is 18.2 Å². The Morgan fingerprint density at radius 3 is 2.68 bits per heavy atom. The van der Waals surface area contributed by atoms with Gasteiger partial charge in [-0.25, -0.2) is 0 Å². The standard InChI is InChI=1S/C16H26N2O/c1-13-10-14(6-7-15(13)19-4)11-16(18(2)3)8-5-9-17-12-16/h6-7,10,17H,5,8-9,11-12H2,1-4H3. The van der Waals surface area contributed by atoms with Crippen LogP contribution in [0.5, 0.6) is 5.75 Å². The van der Waals surface area contributed by atoms with Crippen LogP contribution in [0.1, 0.15) is 24.0 Å². The zero-order chi connectivity index (χ0) is 13.9. The van der Waals surface area contributed by atoms with Gasteiger partial charge in [0.2, 0.25) is 0 Å². The molecule has 0 saturated carbocycles. The lowest BCUT2D eigenvalue weighted by molar-refractivity contribution is 0.114. The van der Waals surface area contributed by atoms with E-state index in [-0.39, 0.29) is 5.54 Å². The Labute approximate surface area is 116 Å². The zero-order valence-electron chi connectivity index (χ0n) is 12.6. The van der Waals surface area contributed by atoms with Gasteiger partial charge < -0.3 is 15.0 Å². The summed E-state index contributed by atoms with van der Waals surface area (Å²) in [6.07, 6.45) is 3.61. The molecule has 0 bridgehead atoms. The van der Waals surface area contributed by atoms with Crippen molar-refractivity contribution >= 4 is 0 Å². The van der Waals surface area contributed by atoms with E-state index in [4.69, 9.17) is 4.74 Å². The highest BCUT2D eigenvalue weighted by atomic mass is 16.5. The van der Waals surface area contributed by atoms with Crippen LogP contribution >= 0.6 is 0 Å². The Hall–Kier alpha value is -1.06. The number of ether oxygens (including phenoxy) is 1. The number of methoxy groups -OCH3 is 1. The summed E-state index contributed by atoms with van der Waals surface area (Å²) in [5, 5.41) is 3.55. The first-order chi connectivity index (χ1) is 9.07. The van der Waals surface area contributed by atoms with Crippen LogP contribution in [-0.4, -0.2) is 44.7 Å². The molecule has 1 aromatic carbocycles. The van der Waals surface area contributed by atoms with Crippen molar-refractivity contribution in [3.8, 4) is 5.75 Å². The molecule has 19 heavy (non-hydrogen) atoms. The predicted octanol–water partition coefficient (Wildman–Crippen LogP) is 2.23. The minimum Gasteiger partial charge on any atom is -0.496 e. The summed E-state index contributed by atoms with van der Waals surface area (Å²) in [5.41, 5.74) is 2.87. The molecule has 1 aliphatic heterocycles. The average molecular weight is 262 g/mol. The number of benzene rings is 1. The Morgan fingerprint density at radius 1 is 1.37 bits per heavy atom. The van der Waals surface area contributed by atoms with Gasteiger partial charge >= 0.3 is 0 Å². The molecule has 1 heterocycles. The fraction of sp³-hybridized carbons (Fsp3) is 0.625. The third kappa shape index (κ3) is 3.10. The summed E-state index contributed by atoms with van der Waals surface area (Å²) in [7, 11) is 6.13. The van der Waals surface area contributed by atoms with Gasteiger partial charge in [0.1, 0.15) is 5.75 Å². The van der Waals surface area contributed by atoms with E-state index in [1.807, 2.05) is 0 Å². The summed E-state index contributed by atoms with van der Waals surface area (Å²) in [5.74, 6) is 0.976. The van der Waals surface area contributed by atoms with Crippen LogP contribution in [0.4, 0.5) is 0 Å². The second kappa shape index (κ2) is 5.93. The van der Waals surface area contributed by atoms with Crippen molar-refractivity contribution in [3.63, 3.8) is 0 Å². The monoisotopic (exact) mass is 262 g/mol. The van der Waals surface area contributed by atoms with E-state index < -0.39 is 0 Å². The van der Waals surface area contributed by atoms with Gasteiger partial charge in [-0.05, 0) is 64.0 Å². The SMILES string of the molecule is COc1ccc(CC2(N(C)C)CCCNC2)cc1C. The number of nitrogens with zero attached hydrogens (tertiary/aromatic N) is 1. The first kappa shape index (κ1) is 14.4. The lowest BCUT2D eigenvalue weighted by Crippen LogP contribution is -2.56. The summed E-state index contributed by atoms with van der Waals surface area (Å²) in [4.78, 5) is 2.39. The minimum absolute atomic E-state index is 0.249. The first-order valence-electron chi connectivity index (χ1n) is 7.09. The molecular formula is C16H26N2O. The molecule has 0 aliphatic carbocycles. The molecule has 1 saturated heterocycles. The van der Waals surface area contributed by atoms with E-state index in [0.29, 0.717) is 0 Å².